The summed E-state index contributed by atoms with van der Waals surface area (Å²) in [5.74, 6) is 1.56. The van der Waals surface area contributed by atoms with Crippen LogP contribution in [0.1, 0.15) is 37.1 Å². The van der Waals surface area contributed by atoms with E-state index in [0.717, 1.165) is 6.54 Å². The predicted molar refractivity (Wildman–Crippen MR) is 94.6 cm³/mol. The van der Waals surface area contributed by atoms with E-state index in [4.69, 9.17) is 4.74 Å². The van der Waals surface area contributed by atoms with E-state index in [-0.39, 0.29) is 12.0 Å². The first kappa shape index (κ1) is 19.0. The van der Waals surface area contributed by atoms with Gasteiger partial charge in [-0.1, -0.05) is 13.8 Å². The van der Waals surface area contributed by atoms with Crippen LogP contribution in [-0.4, -0.2) is 71.1 Å². The molecule has 1 aromatic rings. The SMILES string of the molecule is CCOC(=O)N1CCN(C(=O)c2cc(NCC(C)C)nc(C)n2)CC1. The fourth-order valence-corrected chi connectivity index (χ4v) is 2.55. The molecule has 25 heavy (non-hydrogen) atoms. The summed E-state index contributed by atoms with van der Waals surface area (Å²) in [6, 6.07) is 1.69. The van der Waals surface area contributed by atoms with Crippen LogP contribution in [-0.2, 0) is 4.74 Å². The molecule has 138 valence electrons. The number of hydrogen-bond donors (Lipinski definition) is 1. The Morgan fingerprint density at radius 3 is 2.44 bits per heavy atom. The molecule has 0 aromatic carbocycles. The van der Waals surface area contributed by atoms with Gasteiger partial charge in [-0.15, -0.1) is 0 Å². The highest BCUT2D eigenvalue weighted by Crippen LogP contribution is 2.12. The Bertz CT molecular complexity index is 612. The average Bonchev–Trinajstić information content (AvgIpc) is 2.59. The lowest BCUT2D eigenvalue weighted by atomic mass is 10.2. The molecule has 0 aliphatic carbocycles. The lowest BCUT2D eigenvalue weighted by Crippen LogP contribution is -2.50. The lowest BCUT2D eigenvalue weighted by molar-refractivity contribution is 0.0565. The number of amides is 2. The van der Waals surface area contributed by atoms with E-state index in [1.54, 1.807) is 29.7 Å². The minimum atomic E-state index is -0.326. The molecule has 0 unspecified atom stereocenters. The van der Waals surface area contributed by atoms with Crippen molar-refractivity contribution in [1.29, 1.82) is 0 Å². The predicted octanol–water partition coefficient (Wildman–Crippen LogP) is 1.77. The second-order valence-corrected chi connectivity index (χ2v) is 6.44. The quantitative estimate of drug-likeness (QED) is 0.872. The maximum absolute atomic E-state index is 12.7. The van der Waals surface area contributed by atoms with Gasteiger partial charge in [0.15, 0.2) is 0 Å². The number of ether oxygens (including phenoxy) is 1. The molecule has 2 rings (SSSR count). The van der Waals surface area contributed by atoms with E-state index in [1.165, 1.54) is 0 Å². The van der Waals surface area contributed by atoms with Gasteiger partial charge in [0.25, 0.3) is 5.91 Å². The van der Waals surface area contributed by atoms with Crippen LogP contribution in [0, 0.1) is 12.8 Å². The Morgan fingerprint density at radius 1 is 1.20 bits per heavy atom. The first-order valence-electron chi connectivity index (χ1n) is 8.71. The number of piperazine rings is 1. The average molecular weight is 349 g/mol. The summed E-state index contributed by atoms with van der Waals surface area (Å²) in [7, 11) is 0. The Balaban J connectivity index is 2.00. The Hall–Kier alpha value is -2.38. The number of nitrogens with one attached hydrogen (secondary N) is 1. The van der Waals surface area contributed by atoms with Gasteiger partial charge < -0.3 is 19.9 Å². The summed E-state index contributed by atoms with van der Waals surface area (Å²) in [6.45, 7) is 10.8. The molecule has 2 heterocycles. The Kier molecular flexibility index (Phi) is 6.55. The minimum Gasteiger partial charge on any atom is -0.450 e. The molecule has 0 saturated carbocycles. The molecule has 1 aromatic heterocycles. The standard InChI is InChI=1S/C17H27N5O3/c1-5-25-17(24)22-8-6-21(7-9-22)16(23)14-10-15(18-11-12(2)3)20-13(4)19-14/h10,12H,5-9,11H2,1-4H3,(H,18,19,20). The van der Waals surface area contributed by atoms with Crippen molar-refractivity contribution in [2.24, 2.45) is 5.92 Å². The third-order valence-corrected chi connectivity index (χ3v) is 3.84. The summed E-state index contributed by atoms with van der Waals surface area (Å²) in [6.07, 6.45) is -0.326. The number of anilines is 1. The zero-order valence-electron chi connectivity index (χ0n) is 15.4. The van der Waals surface area contributed by atoms with E-state index in [0.29, 0.717) is 56.0 Å². The maximum atomic E-state index is 12.7. The molecule has 0 atom stereocenters. The van der Waals surface area contributed by atoms with E-state index in [1.807, 2.05) is 0 Å². The highest BCUT2D eigenvalue weighted by atomic mass is 16.6. The van der Waals surface area contributed by atoms with Crippen LogP contribution in [0.4, 0.5) is 10.6 Å². The van der Waals surface area contributed by atoms with Crippen molar-refractivity contribution in [2.45, 2.75) is 27.7 Å². The molecule has 0 radical (unpaired) electrons. The molecule has 1 saturated heterocycles. The number of aromatic nitrogens is 2. The highest BCUT2D eigenvalue weighted by Gasteiger charge is 2.26. The molecule has 2 amide bonds. The van der Waals surface area contributed by atoms with E-state index in [2.05, 4.69) is 29.1 Å². The van der Waals surface area contributed by atoms with Gasteiger partial charge in [0.05, 0.1) is 6.61 Å². The largest absolute Gasteiger partial charge is 0.450 e. The third kappa shape index (κ3) is 5.30. The lowest BCUT2D eigenvalue weighted by Gasteiger charge is -2.33. The van der Waals surface area contributed by atoms with Crippen LogP contribution in [0.3, 0.4) is 0 Å². The van der Waals surface area contributed by atoms with Crippen LogP contribution in [0.5, 0.6) is 0 Å². The normalized spacial score (nSPS) is 14.6. The van der Waals surface area contributed by atoms with Gasteiger partial charge in [-0.2, -0.15) is 0 Å². The van der Waals surface area contributed by atoms with Gasteiger partial charge in [-0.25, -0.2) is 14.8 Å². The first-order valence-corrected chi connectivity index (χ1v) is 8.71. The highest BCUT2D eigenvalue weighted by molar-refractivity contribution is 5.93. The summed E-state index contributed by atoms with van der Waals surface area (Å²) in [4.78, 5) is 36.4. The van der Waals surface area contributed by atoms with E-state index in [9.17, 15) is 9.59 Å². The number of hydrogen-bond acceptors (Lipinski definition) is 6. The molecule has 1 N–H and O–H groups in total. The van der Waals surface area contributed by atoms with Gasteiger partial charge >= 0.3 is 6.09 Å². The molecular weight excluding hydrogens is 322 g/mol. The van der Waals surface area contributed by atoms with Crippen molar-refractivity contribution >= 4 is 17.8 Å². The van der Waals surface area contributed by atoms with Crippen LogP contribution >= 0.6 is 0 Å². The fraction of sp³-hybridized carbons (Fsp3) is 0.647. The first-order chi connectivity index (χ1) is 11.9. The third-order valence-electron chi connectivity index (χ3n) is 3.84. The van der Waals surface area contributed by atoms with E-state index < -0.39 is 0 Å². The second-order valence-electron chi connectivity index (χ2n) is 6.44. The van der Waals surface area contributed by atoms with Crippen LogP contribution in [0.25, 0.3) is 0 Å². The molecular formula is C17H27N5O3. The van der Waals surface area contributed by atoms with Crippen molar-refractivity contribution in [2.75, 3.05) is 44.6 Å². The minimum absolute atomic E-state index is 0.137. The number of aryl methyl sites for hydroxylation is 1. The van der Waals surface area contributed by atoms with Crippen LogP contribution < -0.4 is 5.32 Å². The van der Waals surface area contributed by atoms with Crippen molar-refractivity contribution in [3.63, 3.8) is 0 Å². The molecule has 0 spiro atoms. The van der Waals surface area contributed by atoms with Gasteiger partial charge in [0.2, 0.25) is 0 Å². The molecule has 0 bridgehead atoms. The summed E-state index contributed by atoms with van der Waals surface area (Å²) >= 11 is 0. The van der Waals surface area contributed by atoms with Crippen molar-refractivity contribution in [3.05, 3.63) is 17.6 Å². The maximum Gasteiger partial charge on any atom is 0.409 e. The molecule has 8 nitrogen and oxygen atoms in total. The number of carbonyl (C=O) groups excluding carboxylic acids is 2. The monoisotopic (exact) mass is 349 g/mol. The number of nitrogens with zero attached hydrogens (tertiary/aromatic N) is 4. The van der Waals surface area contributed by atoms with Crippen LogP contribution in [0.2, 0.25) is 0 Å². The van der Waals surface area contributed by atoms with Crippen molar-refractivity contribution in [1.82, 2.24) is 19.8 Å². The van der Waals surface area contributed by atoms with Crippen LogP contribution in [0.15, 0.2) is 6.07 Å². The summed E-state index contributed by atoms with van der Waals surface area (Å²) in [5, 5.41) is 3.23. The molecule has 1 aliphatic heterocycles. The molecule has 1 aliphatic rings. The molecule has 1 fully saturated rings. The second kappa shape index (κ2) is 8.64. The van der Waals surface area contributed by atoms with Gasteiger partial charge in [0, 0.05) is 38.8 Å². The Labute approximate surface area is 148 Å². The van der Waals surface area contributed by atoms with E-state index >= 15 is 0 Å². The number of carbonyl (C=O) groups is 2. The topological polar surface area (TPSA) is 87.7 Å². The number of rotatable bonds is 5. The molecule has 8 heteroatoms. The zero-order chi connectivity index (χ0) is 18.4. The zero-order valence-corrected chi connectivity index (χ0v) is 15.4. The fourth-order valence-electron chi connectivity index (χ4n) is 2.55. The summed E-state index contributed by atoms with van der Waals surface area (Å²) in [5.41, 5.74) is 0.378. The van der Waals surface area contributed by atoms with Gasteiger partial charge in [-0.05, 0) is 19.8 Å². The van der Waals surface area contributed by atoms with Gasteiger partial charge in [-0.3, -0.25) is 4.79 Å². The summed E-state index contributed by atoms with van der Waals surface area (Å²) < 4.78 is 4.99. The van der Waals surface area contributed by atoms with Crippen molar-refractivity contribution in [3.8, 4) is 0 Å². The van der Waals surface area contributed by atoms with Gasteiger partial charge in [0.1, 0.15) is 17.3 Å². The Morgan fingerprint density at radius 2 is 1.84 bits per heavy atom. The van der Waals surface area contributed by atoms with Crippen molar-refractivity contribution < 1.29 is 14.3 Å². The smallest absolute Gasteiger partial charge is 0.409 e.